The van der Waals surface area contributed by atoms with Crippen LogP contribution in [-0.4, -0.2) is 39.9 Å². The van der Waals surface area contributed by atoms with Crippen LogP contribution in [0.2, 0.25) is 0 Å². The Balaban J connectivity index is 1.70. The predicted octanol–water partition coefficient (Wildman–Crippen LogP) is 7.58. The highest BCUT2D eigenvalue weighted by Gasteiger charge is 2.27. The van der Waals surface area contributed by atoms with Gasteiger partial charge in [0, 0.05) is 34.7 Å². The molecule has 2 heterocycles. The van der Waals surface area contributed by atoms with Crippen molar-refractivity contribution < 1.29 is 37.1 Å². The monoisotopic (exact) mass is 562 g/mol. The van der Waals surface area contributed by atoms with E-state index in [9.17, 15) is 27.9 Å². The Kier molecular flexibility index (Phi) is 10.1. The SMILES string of the molecule is C/C=C(\C=C/CC(F)(F)F)c1cc(C)c(COc2ccc(C(CC(=O)N(CC)C(=O)O)c3ccon3)cc2)s1. The molecule has 1 atom stereocenters. The summed E-state index contributed by atoms with van der Waals surface area (Å²) in [5, 5.41) is 13.2. The number of amides is 2. The summed E-state index contributed by atoms with van der Waals surface area (Å²) in [6.07, 6.45) is -0.879. The van der Waals surface area contributed by atoms with Crippen molar-refractivity contribution >= 4 is 28.9 Å². The van der Waals surface area contributed by atoms with Gasteiger partial charge in [-0.25, -0.2) is 9.69 Å². The maximum atomic E-state index is 12.6. The third-order valence-electron chi connectivity index (χ3n) is 5.96. The lowest BCUT2D eigenvalue weighted by atomic mass is 9.92. The standard InChI is InChI=1S/C28H29F3N2O5S/c1-4-19(7-6-13-28(29,30)31)24-15-18(3)25(39-24)17-37-21-10-8-20(9-11-21)22(23-12-14-38-32-23)16-26(34)33(5-2)27(35)36/h4,6-12,14-15,22H,5,13,16-17H2,1-3H3,(H,35,36)/b7-6-,19-4+. The molecule has 7 nitrogen and oxygen atoms in total. The Labute approximate surface area is 228 Å². The molecule has 0 aliphatic rings. The highest BCUT2D eigenvalue weighted by atomic mass is 32.1. The lowest BCUT2D eigenvalue weighted by Crippen LogP contribution is -2.36. The van der Waals surface area contributed by atoms with Gasteiger partial charge in [0.05, 0.1) is 12.1 Å². The van der Waals surface area contributed by atoms with Gasteiger partial charge in [-0.3, -0.25) is 4.79 Å². The highest BCUT2D eigenvalue weighted by molar-refractivity contribution is 7.13. The van der Waals surface area contributed by atoms with Crippen LogP contribution in [0.15, 0.2) is 65.4 Å². The number of ether oxygens (including phenoxy) is 1. The minimum atomic E-state index is -4.24. The first kappa shape index (κ1) is 29.7. The minimum absolute atomic E-state index is 0.0374. The Morgan fingerprint density at radius 3 is 2.51 bits per heavy atom. The zero-order chi connectivity index (χ0) is 28.6. The van der Waals surface area contributed by atoms with Crippen molar-refractivity contribution in [3.8, 4) is 5.75 Å². The summed E-state index contributed by atoms with van der Waals surface area (Å²) in [5.41, 5.74) is 2.92. The average Bonchev–Trinajstić information content (AvgIpc) is 3.54. The molecule has 0 aliphatic carbocycles. The first-order valence-electron chi connectivity index (χ1n) is 12.2. The van der Waals surface area contributed by atoms with E-state index in [1.54, 1.807) is 50.3 Å². The number of halogens is 3. The highest BCUT2D eigenvalue weighted by Crippen LogP contribution is 2.32. The number of thiophene rings is 1. The second-order valence-electron chi connectivity index (χ2n) is 8.64. The molecule has 1 N–H and O–H groups in total. The molecule has 0 bridgehead atoms. The quantitative estimate of drug-likeness (QED) is 0.242. The molecule has 2 aromatic heterocycles. The van der Waals surface area contributed by atoms with Gasteiger partial charge in [0.25, 0.3) is 0 Å². The summed E-state index contributed by atoms with van der Waals surface area (Å²) < 4.78 is 48.4. The Morgan fingerprint density at radius 2 is 1.95 bits per heavy atom. The van der Waals surface area contributed by atoms with Gasteiger partial charge in [0.1, 0.15) is 18.6 Å². The largest absolute Gasteiger partial charge is 0.488 e. The van der Waals surface area contributed by atoms with Gasteiger partial charge in [-0.05, 0) is 55.7 Å². The summed E-state index contributed by atoms with van der Waals surface area (Å²) in [7, 11) is 0. The van der Waals surface area contributed by atoms with Crippen molar-refractivity contribution in [2.75, 3.05) is 6.54 Å². The normalized spacial score (nSPS) is 13.0. The average molecular weight is 563 g/mol. The lowest BCUT2D eigenvalue weighted by molar-refractivity contribution is -0.129. The van der Waals surface area contributed by atoms with E-state index in [0.29, 0.717) is 17.0 Å². The maximum Gasteiger partial charge on any atom is 0.414 e. The fourth-order valence-electron chi connectivity index (χ4n) is 3.89. The summed E-state index contributed by atoms with van der Waals surface area (Å²) in [6.45, 7) is 5.60. The van der Waals surface area contributed by atoms with Crippen molar-refractivity contribution in [3.63, 3.8) is 0 Å². The van der Waals surface area contributed by atoms with Crippen LogP contribution in [0.3, 0.4) is 0 Å². The molecule has 0 spiro atoms. The molecule has 1 aromatic carbocycles. The lowest BCUT2D eigenvalue weighted by Gasteiger charge is -2.19. The molecule has 2 amide bonds. The molecule has 208 valence electrons. The number of hydrogen-bond acceptors (Lipinski definition) is 6. The summed E-state index contributed by atoms with van der Waals surface area (Å²) in [6, 6.07) is 10.6. The fraction of sp³-hybridized carbons (Fsp3) is 0.321. The molecule has 0 saturated heterocycles. The van der Waals surface area contributed by atoms with Crippen molar-refractivity contribution in [1.82, 2.24) is 10.1 Å². The van der Waals surface area contributed by atoms with E-state index >= 15 is 0 Å². The molecular weight excluding hydrogens is 533 g/mol. The van der Waals surface area contributed by atoms with Crippen LogP contribution in [-0.2, 0) is 11.4 Å². The maximum absolute atomic E-state index is 12.6. The smallest absolute Gasteiger partial charge is 0.414 e. The number of imide groups is 1. The van der Waals surface area contributed by atoms with E-state index in [1.165, 1.54) is 23.7 Å². The molecule has 3 aromatic rings. The first-order valence-corrected chi connectivity index (χ1v) is 13.0. The van der Waals surface area contributed by atoms with E-state index in [4.69, 9.17) is 9.26 Å². The molecule has 1 unspecified atom stereocenters. The second kappa shape index (κ2) is 13.3. The summed E-state index contributed by atoms with van der Waals surface area (Å²) in [4.78, 5) is 26.6. The Morgan fingerprint density at radius 1 is 1.23 bits per heavy atom. The number of allylic oxidation sites excluding steroid dienone is 4. The zero-order valence-corrected chi connectivity index (χ0v) is 22.5. The van der Waals surface area contributed by atoms with Crippen molar-refractivity contribution in [1.29, 1.82) is 0 Å². The molecule has 0 fully saturated rings. The molecule has 0 radical (unpaired) electrons. The number of aryl methyl sites for hydroxylation is 1. The van der Waals surface area contributed by atoms with E-state index in [2.05, 4.69) is 5.16 Å². The van der Waals surface area contributed by atoms with Gasteiger partial charge >= 0.3 is 12.3 Å². The van der Waals surface area contributed by atoms with E-state index in [1.807, 2.05) is 13.0 Å². The Hall–Kier alpha value is -3.86. The Bertz CT molecular complexity index is 1310. The van der Waals surface area contributed by atoms with Crippen LogP contribution in [0, 0.1) is 6.92 Å². The number of hydrogen-bond donors (Lipinski definition) is 1. The number of benzene rings is 1. The van der Waals surface area contributed by atoms with Gasteiger partial charge in [0.2, 0.25) is 5.91 Å². The number of carbonyl (C=O) groups excluding carboxylic acids is 1. The fourth-order valence-corrected chi connectivity index (χ4v) is 5.03. The topological polar surface area (TPSA) is 92.9 Å². The predicted molar refractivity (Wildman–Crippen MR) is 142 cm³/mol. The van der Waals surface area contributed by atoms with Gasteiger partial charge in [-0.15, -0.1) is 11.3 Å². The molecule has 3 rings (SSSR count). The molecule has 0 saturated carbocycles. The van der Waals surface area contributed by atoms with Crippen LogP contribution in [0.25, 0.3) is 5.57 Å². The molecule has 11 heteroatoms. The van der Waals surface area contributed by atoms with Gasteiger partial charge in [-0.1, -0.05) is 35.5 Å². The van der Waals surface area contributed by atoms with Crippen molar-refractivity contribution in [2.45, 2.75) is 52.3 Å². The number of alkyl halides is 3. The minimum Gasteiger partial charge on any atom is -0.488 e. The zero-order valence-electron chi connectivity index (χ0n) is 21.7. The van der Waals surface area contributed by atoms with Gasteiger partial charge in [-0.2, -0.15) is 13.2 Å². The van der Waals surface area contributed by atoms with Gasteiger partial charge < -0.3 is 14.4 Å². The first-order chi connectivity index (χ1) is 18.5. The molecule has 0 aliphatic heterocycles. The number of nitrogens with zero attached hydrogens (tertiary/aromatic N) is 2. The number of rotatable bonds is 11. The van der Waals surface area contributed by atoms with Crippen LogP contribution in [0.5, 0.6) is 5.75 Å². The van der Waals surface area contributed by atoms with Crippen LogP contribution in [0.1, 0.15) is 59.2 Å². The van der Waals surface area contributed by atoms with E-state index in [-0.39, 0.29) is 19.6 Å². The summed E-state index contributed by atoms with van der Waals surface area (Å²) >= 11 is 1.46. The second-order valence-corrected chi connectivity index (χ2v) is 9.78. The van der Waals surface area contributed by atoms with Crippen LogP contribution < -0.4 is 4.74 Å². The number of aromatic nitrogens is 1. The van der Waals surface area contributed by atoms with Crippen molar-refractivity contribution in [3.05, 3.63) is 87.5 Å². The molecule has 39 heavy (non-hydrogen) atoms. The van der Waals surface area contributed by atoms with E-state index in [0.717, 1.165) is 31.9 Å². The van der Waals surface area contributed by atoms with Crippen molar-refractivity contribution in [2.24, 2.45) is 0 Å². The van der Waals surface area contributed by atoms with Crippen LogP contribution >= 0.6 is 11.3 Å². The third-order valence-corrected chi connectivity index (χ3v) is 7.22. The third kappa shape index (κ3) is 8.31. The summed E-state index contributed by atoms with van der Waals surface area (Å²) in [5.74, 6) is -0.475. The van der Waals surface area contributed by atoms with Crippen LogP contribution in [0.4, 0.5) is 18.0 Å². The number of carbonyl (C=O) groups is 2. The molecular formula is C28H29F3N2O5S. The van der Waals surface area contributed by atoms with Gasteiger partial charge in [0.15, 0.2) is 0 Å². The van der Waals surface area contributed by atoms with E-state index < -0.39 is 30.5 Å². The number of carboxylic acid groups (broad SMARTS) is 1.